The second-order valence-corrected chi connectivity index (χ2v) is 8.36. The van der Waals surface area contributed by atoms with Gasteiger partial charge in [-0.15, -0.1) is 0 Å². The molecule has 0 radical (unpaired) electrons. The number of anilines is 1. The SMILES string of the molecule is O=C(CC1CC2CCC(C1)N2)Nc1ccc(OCc2noc(C3CC3)n2)cc1. The van der Waals surface area contributed by atoms with Gasteiger partial charge in [0.05, 0.1) is 0 Å². The zero-order valence-electron chi connectivity index (χ0n) is 15.9. The summed E-state index contributed by atoms with van der Waals surface area (Å²) in [5.74, 6) is 3.04. The van der Waals surface area contributed by atoms with E-state index in [2.05, 4.69) is 20.8 Å². The number of carbonyl (C=O) groups is 1. The summed E-state index contributed by atoms with van der Waals surface area (Å²) in [6.07, 6.45) is 7.63. The molecule has 28 heavy (non-hydrogen) atoms. The largest absolute Gasteiger partial charge is 0.485 e. The molecule has 2 atom stereocenters. The summed E-state index contributed by atoms with van der Waals surface area (Å²) in [6.45, 7) is 0.278. The zero-order valence-corrected chi connectivity index (χ0v) is 15.9. The van der Waals surface area contributed by atoms with Crippen LogP contribution in [0.15, 0.2) is 28.8 Å². The van der Waals surface area contributed by atoms with Crippen LogP contribution in [-0.2, 0) is 11.4 Å². The predicted molar refractivity (Wildman–Crippen MR) is 103 cm³/mol. The van der Waals surface area contributed by atoms with Crippen LogP contribution in [0.1, 0.15) is 62.6 Å². The molecule has 1 aromatic carbocycles. The van der Waals surface area contributed by atoms with Crippen molar-refractivity contribution < 1.29 is 14.1 Å². The molecule has 1 amide bonds. The fourth-order valence-electron chi connectivity index (χ4n) is 4.42. The van der Waals surface area contributed by atoms with Gasteiger partial charge in [-0.25, -0.2) is 0 Å². The maximum Gasteiger partial charge on any atom is 0.229 e. The first-order valence-corrected chi connectivity index (χ1v) is 10.3. The normalized spacial score (nSPS) is 26.2. The van der Waals surface area contributed by atoms with Crippen molar-refractivity contribution in [3.8, 4) is 5.75 Å². The molecule has 1 saturated carbocycles. The first kappa shape index (κ1) is 17.7. The second kappa shape index (κ2) is 7.54. The van der Waals surface area contributed by atoms with Crippen LogP contribution in [0, 0.1) is 5.92 Å². The molecule has 0 spiro atoms. The number of rotatable bonds is 7. The van der Waals surface area contributed by atoms with E-state index in [4.69, 9.17) is 9.26 Å². The lowest BCUT2D eigenvalue weighted by molar-refractivity contribution is -0.117. The van der Waals surface area contributed by atoms with Crippen molar-refractivity contribution in [1.29, 1.82) is 0 Å². The molecule has 2 bridgehead atoms. The monoisotopic (exact) mass is 382 g/mol. The van der Waals surface area contributed by atoms with Gasteiger partial charge in [0.2, 0.25) is 17.6 Å². The Kier molecular flexibility index (Phi) is 4.76. The van der Waals surface area contributed by atoms with Gasteiger partial charge in [-0.1, -0.05) is 5.16 Å². The summed E-state index contributed by atoms with van der Waals surface area (Å²) in [6, 6.07) is 8.67. The van der Waals surface area contributed by atoms with Gasteiger partial charge in [0.25, 0.3) is 0 Å². The smallest absolute Gasteiger partial charge is 0.229 e. The number of carbonyl (C=O) groups excluding carboxylic acids is 1. The zero-order chi connectivity index (χ0) is 18.9. The van der Waals surface area contributed by atoms with Crippen molar-refractivity contribution in [2.45, 2.75) is 69.6 Å². The van der Waals surface area contributed by atoms with E-state index in [0.29, 0.717) is 41.9 Å². The van der Waals surface area contributed by atoms with Crippen LogP contribution in [0.4, 0.5) is 5.69 Å². The molecule has 7 heteroatoms. The summed E-state index contributed by atoms with van der Waals surface area (Å²) >= 11 is 0. The Bertz CT molecular complexity index is 818. The quantitative estimate of drug-likeness (QED) is 0.763. The Balaban J connectivity index is 1.09. The van der Waals surface area contributed by atoms with Crippen LogP contribution in [0.25, 0.3) is 0 Å². The van der Waals surface area contributed by atoms with Gasteiger partial charge in [0, 0.05) is 30.1 Å². The van der Waals surface area contributed by atoms with E-state index in [-0.39, 0.29) is 12.5 Å². The summed E-state index contributed by atoms with van der Waals surface area (Å²) in [4.78, 5) is 16.7. The Hall–Kier alpha value is -2.41. The molecule has 148 valence electrons. The minimum Gasteiger partial charge on any atom is -0.485 e. The average Bonchev–Trinajstić information content (AvgIpc) is 3.34. The third-order valence-electron chi connectivity index (χ3n) is 5.96. The van der Waals surface area contributed by atoms with Crippen LogP contribution in [0.3, 0.4) is 0 Å². The van der Waals surface area contributed by atoms with Crippen molar-refractivity contribution in [2.24, 2.45) is 5.92 Å². The van der Waals surface area contributed by atoms with Crippen molar-refractivity contribution in [1.82, 2.24) is 15.5 Å². The van der Waals surface area contributed by atoms with Gasteiger partial charge in [0.15, 0.2) is 6.61 Å². The molecule has 2 aromatic rings. The lowest BCUT2D eigenvalue weighted by Gasteiger charge is -2.28. The van der Waals surface area contributed by atoms with E-state index in [1.54, 1.807) is 0 Å². The van der Waals surface area contributed by atoms with E-state index >= 15 is 0 Å². The standard InChI is InChI=1S/C21H26N4O3/c26-20(11-13-9-16-3-4-17(10-13)22-16)23-15-5-7-18(8-6-15)27-12-19-24-21(28-25-19)14-1-2-14/h5-8,13-14,16-17,22H,1-4,9-12H2,(H,23,26). The number of benzene rings is 1. The molecule has 2 aliphatic heterocycles. The summed E-state index contributed by atoms with van der Waals surface area (Å²) < 4.78 is 10.9. The van der Waals surface area contributed by atoms with Gasteiger partial charge in [-0.2, -0.15) is 4.98 Å². The highest BCUT2D eigenvalue weighted by atomic mass is 16.5. The molecule has 7 nitrogen and oxygen atoms in total. The number of aromatic nitrogens is 2. The molecular weight excluding hydrogens is 356 g/mol. The van der Waals surface area contributed by atoms with E-state index in [1.807, 2.05) is 24.3 Å². The number of piperidine rings is 1. The van der Waals surface area contributed by atoms with Crippen molar-refractivity contribution in [2.75, 3.05) is 5.32 Å². The van der Waals surface area contributed by atoms with Crippen LogP contribution in [-0.4, -0.2) is 28.1 Å². The third kappa shape index (κ3) is 4.19. The topological polar surface area (TPSA) is 89.3 Å². The van der Waals surface area contributed by atoms with Crippen LogP contribution >= 0.6 is 0 Å². The number of ether oxygens (including phenoxy) is 1. The molecular formula is C21H26N4O3. The van der Waals surface area contributed by atoms with Gasteiger partial charge < -0.3 is 19.9 Å². The fourth-order valence-corrected chi connectivity index (χ4v) is 4.42. The Morgan fingerprint density at radius 3 is 2.61 bits per heavy atom. The molecule has 3 aliphatic rings. The predicted octanol–water partition coefficient (Wildman–Crippen LogP) is 3.39. The molecule has 3 heterocycles. The summed E-state index contributed by atoms with van der Waals surface area (Å²) in [5.41, 5.74) is 0.796. The van der Waals surface area contributed by atoms with Crippen molar-refractivity contribution >= 4 is 11.6 Å². The molecule has 2 saturated heterocycles. The maximum absolute atomic E-state index is 12.4. The minimum absolute atomic E-state index is 0.0966. The molecule has 2 N–H and O–H groups in total. The number of hydrogen-bond donors (Lipinski definition) is 2. The Morgan fingerprint density at radius 1 is 1.14 bits per heavy atom. The molecule has 1 aliphatic carbocycles. The van der Waals surface area contributed by atoms with Crippen LogP contribution in [0.2, 0.25) is 0 Å². The lowest BCUT2D eigenvalue weighted by Crippen LogP contribution is -2.39. The maximum atomic E-state index is 12.4. The van der Waals surface area contributed by atoms with Crippen LogP contribution in [0.5, 0.6) is 5.75 Å². The molecule has 5 rings (SSSR count). The lowest BCUT2D eigenvalue weighted by atomic mass is 9.89. The highest BCUT2D eigenvalue weighted by molar-refractivity contribution is 5.90. The third-order valence-corrected chi connectivity index (χ3v) is 5.96. The van der Waals surface area contributed by atoms with Gasteiger partial charge in [-0.3, -0.25) is 4.79 Å². The van der Waals surface area contributed by atoms with E-state index in [0.717, 1.165) is 37.3 Å². The number of nitrogens with one attached hydrogen (secondary N) is 2. The van der Waals surface area contributed by atoms with Gasteiger partial charge in [-0.05, 0) is 68.7 Å². The van der Waals surface area contributed by atoms with Gasteiger partial charge >= 0.3 is 0 Å². The van der Waals surface area contributed by atoms with Crippen molar-refractivity contribution in [3.63, 3.8) is 0 Å². The van der Waals surface area contributed by atoms with E-state index in [9.17, 15) is 4.79 Å². The average molecular weight is 382 g/mol. The molecule has 3 fully saturated rings. The number of hydrogen-bond acceptors (Lipinski definition) is 6. The summed E-state index contributed by atoms with van der Waals surface area (Å²) in [5, 5.41) is 10.6. The van der Waals surface area contributed by atoms with E-state index in [1.165, 1.54) is 12.8 Å². The van der Waals surface area contributed by atoms with E-state index < -0.39 is 0 Å². The van der Waals surface area contributed by atoms with Crippen LogP contribution < -0.4 is 15.4 Å². The molecule has 1 aromatic heterocycles. The number of amides is 1. The Labute approximate surface area is 164 Å². The highest BCUT2D eigenvalue weighted by Gasteiger charge is 2.34. The first-order valence-electron chi connectivity index (χ1n) is 10.3. The fraction of sp³-hybridized carbons (Fsp3) is 0.571. The first-order chi connectivity index (χ1) is 13.7. The minimum atomic E-state index is 0.0966. The number of nitrogens with zero attached hydrogens (tertiary/aromatic N) is 2. The number of fused-ring (bicyclic) bond motifs is 2. The highest BCUT2D eigenvalue weighted by Crippen LogP contribution is 2.38. The van der Waals surface area contributed by atoms with Gasteiger partial charge in [0.1, 0.15) is 5.75 Å². The van der Waals surface area contributed by atoms with Crippen molar-refractivity contribution in [3.05, 3.63) is 36.0 Å². The molecule has 2 unspecified atom stereocenters. The second-order valence-electron chi connectivity index (χ2n) is 8.36. The summed E-state index contributed by atoms with van der Waals surface area (Å²) in [7, 11) is 0. The Morgan fingerprint density at radius 2 is 1.89 bits per heavy atom.